The van der Waals surface area contributed by atoms with Gasteiger partial charge in [0.1, 0.15) is 5.75 Å². The highest BCUT2D eigenvalue weighted by molar-refractivity contribution is 7.71. The molecule has 5 rings (SSSR count). The normalized spacial score (nSPS) is 11.4. The summed E-state index contributed by atoms with van der Waals surface area (Å²) < 4.78 is 10.1. The number of H-pyrrole nitrogens is 1. The summed E-state index contributed by atoms with van der Waals surface area (Å²) in [5, 5.41) is 6.06. The Balaban J connectivity index is 1.85. The van der Waals surface area contributed by atoms with Crippen molar-refractivity contribution in [2.45, 2.75) is 6.67 Å². The van der Waals surface area contributed by atoms with E-state index in [1.807, 2.05) is 71.9 Å². The number of hydrogen-bond donors (Lipinski definition) is 1. The lowest BCUT2D eigenvalue weighted by Gasteiger charge is -2.09. The van der Waals surface area contributed by atoms with E-state index in [4.69, 9.17) is 22.1 Å². The summed E-state index contributed by atoms with van der Waals surface area (Å²) in [7, 11) is 5.70. The summed E-state index contributed by atoms with van der Waals surface area (Å²) in [4.78, 5) is 5.67. The molecule has 0 saturated carbocycles. The van der Waals surface area contributed by atoms with Crippen molar-refractivity contribution in [3.8, 4) is 34.1 Å². The third kappa shape index (κ3) is 3.86. The van der Waals surface area contributed by atoms with Crippen LogP contribution >= 0.6 is 12.2 Å². The number of para-hydroxylation sites is 1. The number of methoxy groups -OCH3 is 1. The van der Waals surface area contributed by atoms with Gasteiger partial charge in [-0.2, -0.15) is 0 Å². The number of hydrogen-bond acceptors (Lipinski definition) is 4. The summed E-state index contributed by atoms with van der Waals surface area (Å²) in [6, 6.07) is 26.6. The Morgan fingerprint density at radius 2 is 1.67 bits per heavy atom. The molecule has 0 amide bonds. The molecule has 2 heterocycles. The molecule has 0 spiro atoms. The van der Waals surface area contributed by atoms with Crippen molar-refractivity contribution in [2.24, 2.45) is 0 Å². The highest BCUT2D eigenvalue weighted by Crippen LogP contribution is 2.39. The largest absolute Gasteiger partial charge is 0.497 e. The predicted molar refractivity (Wildman–Crippen MR) is 135 cm³/mol. The molecule has 0 fully saturated rings. The van der Waals surface area contributed by atoms with E-state index in [9.17, 15) is 0 Å². The predicted octanol–water partition coefficient (Wildman–Crippen LogP) is 5.75. The first-order valence-electron chi connectivity index (χ1n) is 10.7. The van der Waals surface area contributed by atoms with Crippen molar-refractivity contribution in [2.75, 3.05) is 21.2 Å². The average molecular weight is 456 g/mol. The average Bonchev–Trinajstić information content (AvgIpc) is 3.37. The van der Waals surface area contributed by atoms with Gasteiger partial charge in [-0.1, -0.05) is 48.5 Å². The van der Waals surface area contributed by atoms with Crippen LogP contribution in [0.1, 0.15) is 0 Å². The van der Waals surface area contributed by atoms with E-state index in [0.717, 1.165) is 45.0 Å². The van der Waals surface area contributed by atoms with Gasteiger partial charge in [0, 0.05) is 16.5 Å². The van der Waals surface area contributed by atoms with Crippen LogP contribution in [-0.4, -0.2) is 45.4 Å². The Morgan fingerprint density at radius 1 is 0.970 bits per heavy atom. The van der Waals surface area contributed by atoms with Crippen LogP contribution in [0, 0.1) is 4.77 Å². The Bertz CT molecular complexity index is 1470. The molecule has 33 heavy (non-hydrogen) atoms. The van der Waals surface area contributed by atoms with Gasteiger partial charge in [-0.15, -0.1) is 5.10 Å². The molecule has 0 saturated heterocycles. The van der Waals surface area contributed by atoms with Gasteiger partial charge in [0.25, 0.3) is 0 Å². The molecule has 0 aliphatic rings. The van der Waals surface area contributed by atoms with E-state index in [1.54, 1.807) is 7.11 Å². The maximum absolute atomic E-state index is 5.90. The van der Waals surface area contributed by atoms with Crippen LogP contribution in [-0.2, 0) is 6.67 Å². The fraction of sp³-hybridized carbons (Fsp3) is 0.154. The van der Waals surface area contributed by atoms with E-state index in [1.165, 1.54) is 0 Å². The molecule has 166 valence electrons. The van der Waals surface area contributed by atoms with Crippen LogP contribution in [0.2, 0.25) is 0 Å². The minimum absolute atomic E-state index is 0.584. The van der Waals surface area contributed by atoms with Crippen LogP contribution in [0.25, 0.3) is 39.2 Å². The van der Waals surface area contributed by atoms with Crippen LogP contribution in [0.15, 0.2) is 78.9 Å². The summed E-state index contributed by atoms with van der Waals surface area (Å²) in [5.74, 6) is 1.57. The molecule has 3 aromatic carbocycles. The first-order valence-corrected chi connectivity index (χ1v) is 11.1. The third-order valence-electron chi connectivity index (χ3n) is 5.56. The molecule has 1 N–H and O–H groups in total. The highest BCUT2D eigenvalue weighted by atomic mass is 32.1. The number of aromatic nitrogens is 4. The number of rotatable bonds is 6. The van der Waals surface area contributed by atoms with E-state index in [0.29, 0.717) is 11.4 Å². The fourth-order valence-electron chi connectivity index (χ4n) is 4.11. The van der Waals surface area contributed by atoms with Crippen molar-refractivity contribution >= 4 is 23.1 Å². The summed E-state index contributed by atoms with van der Waals surface area (Å²) in [6.45, 7) is 0.584. The van der Waals surface area contributed by atoms with E-state index in [2.05, 4.69) is 40.2 Å². The van der Waals surface area contributed by atoms with Crippen molar-refractivity contribution in [3.05, 3.63) is 83.6 Å². The monoisotopic (exact) mass is 455 g/mol. The van der Waals surface area contributed by atoms with Crippen molar-refractivity contribution in [1.29, 1.82) is 0 Å². The van der Waals surface area contributed by atoms with Gasteiger partial charge < -0.3 is 9.72 Å². The topological polar surface area (TPSA) is 51.0 Å². The van der Waals surface area contributed by atoms with Crippen LogP contribution in [0.4, 0.5) is 0 Å². The van der Waals surface area contributed by atoms with Gasteiger partial charge >= 0.3 is 0 Å². The number of nitrogens with one attached hydrogen (secondary N) is 1. The van der Waals surface area contributed by atoms with E-state index in [-0.39, 0.29) is 0 Å². The number of ether oxygens (including phenoxy) is 1. The number of aromatic amines is 1. The molecule has 5 aromatic rings. The quantitative estimate of drug-likeness (QED) is 0.332. The second kappa shape index (κ2) is 8.69. The molecule has 0 bridgehead atoms. The van der Waals surface area contributed by atoms with Gasteiger partial charge in [-0.3, -0.25) is 9.47 Å². The molecule has 7 heteroatoms. The smallest absolute Gasteiger partial charge is 0.204 e. The first-order chi connectivity index (χ1) is 16.1. The van der Waals surface area contributed by atoms with Crippen molar-refractivity contribution < 1.29 is 4.74 Å². The maximum Gasteiger partial charge on any atom is 0.204 e. The van der Waals surface area contributed by atoms with Gasteiger partial charge in [-0.05, 0) is 62.2 Å². The lowest BCUT2D eigenvalue weighted by molar-refractivity contribution is 0.304. The zero-order valence-corrected chi connectivity index (χ0v) is 19.6. The lowest BCUT2D eigenvalue weighted by Crippen LogP contribution is -2.18. The molecule has 6 nitrogen and oxygen atoms in total. The zero-order chi connectivity index (χ0) is 22.9. The SMILES string of the molecule is COc1ccc2[nH]c(-c3nn(CN(C)C)c(=S)n3-c3ccccc3)c(-c3ccccc3)c2c1. The molecule has 2 aromatic heterocycles. The highest BCUT2D eigenvalue weighted by Gasteiger charge is 2.22. The number of benzene rings is 3. The molecule has 0 aliphatic carbocycles. The summed E-state index contributed by atoms with van der Waals surface area (Å²) in [5.41, 5.74) is 5.06. The second-order valence-corrected chi connectivity index (χ2v) is 8.52. The lowest BCUT2D eigenvalue weighted by atomic mass is 10.0. The summed E-state index contributed by atoms with van der Waals surface area (Å²) in [6.07, 6.45) is 0. The first kappa shape index (κ1) is 21.2. The number of nitrogens with zero attached hydrogens (tertiary/aromatic N) is 4. The van der Waals surface area contributed by atoms with Crippen LogP contribution < -0.4 is 4.74 Å². The fourth-order valence-corrected chi connectivity index (χ4v) is 4.40. The third-order valence-corrected chi connectivity index (χ3v) is 5.96. The molecule has 0 aliphatic heterocycles. The van der Waals surface area contributed by atoms with Crippen molar-refractivity contribution in [3.63, 3.8) is 0 Å². The number of fused-ring (bicyclic) bond motifs is 1. The molecule has 0 unspecified atom stereocenters. The zero-order valence-electron chi connectivity index (χ0n) is 18.8. The van der Waals surface area contributed by atoms with E-state index < -0.39 is 0 Å². The molecule has 0 radical (unpaired) electrons. The van der Waals surface area contributed by atoms with Gasteiger partial charge in [-0.25, -0.2) is 4.68 Å². The second-order valence-electron chi connectivity index (χ2n) is 8.15. The standard InChI is InChI=1S/C26H25N5OS/c1-29(2)17-30-26(33)31(19-12-8-5-9-13-19)25(28-30)24-23(18-10-6-4-7-11-18)21-16-20(32-3)14-15-22(21)27-24/h4-16,27H,17H2,1-3H3. The Labute approximate surface area is 197 Å². The van der Waals surface area contributed by atoms with Gasteiger partial charge in [0.15, 0.2) is 5.82 Å². The van der Waals surface area contributed by atoms with Crippen LogP contribution in [0.3, 0.4) is 0 Å². The maximum atomic E-state index is 5.90. The minimum Gasteiger partial charge on any atom is -0.497 e. The van der Waals surface area contributed by atoms with Gasteiger partial charge in [0.05, 0.1) is 25.2 Å². The van der Waals surface area contributed by atoms with E-state index >= 15 is 0 Å². The Kier molecular flexibility index (Phi) is 5.58. The van der Waals surface area contributed by atoms with Crippen LogP contribution in [0.5, 0.6) is 5.75 Å². The minimum atomic E-state index is 0.584. The summed E-state index contributed by atoms with van der Waals surface area (Å²) >= 11 is 5.90. The Morgan fingerprint density at radius 3 is 2.33 bits per heavy atom. The Hall–Kier alpha value is -3.68. The van der Waals surface area contributed by atoms with Crippen molar-refractivity contribution in [1.82, 2.24) is 24.2 Å². The molecular weight excluding hydrogens is 430 g/mol. The van der Waals surface area contributed by atoms with Gasteiger partial charge in [0.2, 0.25) is 4.77 Å². The molecule has 0 atom stereocenters. The molecular formula is C26H25N5OS.